The average Bonchev–Trinajstić information content (AvgIpc) is 2.43. The molecule has 2 nitrogen and oxygen atoms in total. The number of hydrogen-bond donors (Lipinski definition) is 1. The molecule has 1 aliphatic heterocycles. The summed E-state index contributed by atoms with van der Waals surface area (Å²) in [6.45, 7) is 7.52. The Kier molecular flexibility index (Phi) is 5.87. The summed E-state index contributed by atoms with van der Waals surface area (Å²) in [4.78, 5) is 2.52. The zero-order valence-electron chi connectivity index (χ0n) is 12.7. The van der Waals surface area contributed by atoms with Gasteiger partial charge in [0.2, 0.25) is 0 Å². The molecule has 1 aromatic carbocycles. The first-order valence-corrected chi connectivity index (χ1v) is 8.42. The molecule has 0 amide bonds. The summed E-state index contributed by atoms with van der Waals surface area (Å²) in [7, 11) is 1.96. The van der Waals surface area contributed by atoms with Gasteiger partial charge in [-0.3, -0.25) is 0 Å². The molecule has 2 atom stereocenters. The number of nitrogens with one attached hydrogen (secondary N) is 1. The lowest BCUT2D eigenvalue weighted by molar-refractivity contribution is 0.269. The fourth-order valence-corrected chi connectivity index (χ4v) is 3.79. The molecule has 20 heavy (non-hydrogen) atoms. The number of halogens is 1. The molecule has 0 bridgehead atoms. The Balaban J connectivity index is 1.93. The van der Waals surface area contributed by atoms with Gasteiger partial charge in [0.25, 0.3) is 0 Å². The third-order valence-corrected chi connectivity index (χ3v) is 5.14. The van der Waals surface area contributed by atoms with E-state index in [0.717, 1.165) is 23.8 Å². The average molecular weight is 296 g/mol. The van der Waals surface area contributed by atoms with Gasteiger partial charge in [-0.1, -0.05) is 19.1 Å². The van der Waals surface area contributed by atoms with Crippen molar-refractivity contribution in [3.05, 3.63) is 35.1 Å². The molecule has 112 valence electrons. The van der Waals surface area contributed by atoms with E-state index in [-0.39, 0.29) is 11.9 Å². The van der Waals surface area contributed by atoms with Crippen molar-refractivity contribution in [3.8, 4) is 0 Å². The van der Waals surface area contributed by atoms with Gasteiger partial charge in [-0.25, -0.2) is 4.39 Å². The molecular formula is C16H25FN2S. The Labute approximate surface area is 126 Å². The van der Waals surface area contributed by atoms with Crippen LogP contribution in [0.3, 0.4) is 0 Å². The summed E-state index contributed by atoms with van der Waals surface area (Å²) in [6, 6.07) is 5.81. The van der Waals surface area contributed by atoms with Crippen LogP contribution in [-0.2, 0) is 0 Å². The minimum atomic E-state index is -0.106. The van der Waals surface area contributed by atoms with Crippen LogP contribution in [0.1, 0.15) is 30.5 Å². The van der Waals surface area contributed by atoms with Crippen molar-refractivity contribution >= 4 is 11.8 Å². The van der Waals surface area contributed by atoms with Gasteiger partial charge >= 0.3 is 0 Å². The Hall–Kier alpha value is -0.580. The van der Waals surface area contributed by atoms with Crippen LogP contribution in [0.25, 0.3) is 0 Å². The maximum Gasteiger partial charge on any atom is 0.126 e. The number of hydrogen-bond acceptors (Lipinski definition) is 3. The number of nitrogens with zero attached hydrogens (tertiary/aromatic N) is 1. The standard InChI is InChI=1S/C16H25FN2S/c1-12-4-5-14(10-15(12)17)16(18-3)6-7-19-8-9-20-13(2)11-19/h4-5,10,13,16,18H,6-9,11H2,1-3H3. The van der Waals surface area contributed by atoms with Crippen molar-refractivity contribution in [1.82, 2.24) is 10.2 Å². The van der Waals surface area contributed by atoms with E-state index in [9.17, 15) is 4.39 Å². The molecule has 0 spiro atoms. The lowest BCUT2D eigenvalue weighted by Crippen LogP contribution is -2.38. The Morgan fingerprint density at radius 2 is 2.30 bits per heavy atom. The molecule has 1 heterocycles. The smallest absolute Gasteiger partial charge is 0.126 e. The number of benzene rings is 1. The van der Waals surface area contributed by atoms with Gasteiger partial charge in [0.1, 0.15) is 5.82 Å². The molecular weight excluding hydrogens is 271 g/mol. The third kappa shape index (κ3) is 4.21. The van der Waals surface area contributed by atoms with E-state index in [1.54, 1.807) is 13.0 Å². The lowest BCUT2D eigenvalue weighted by atomic mass is 10.0. The van der Waals surface area contributed by atoms with E-state index in [4.69, 9.17) is 0 Å². The highest BCUT2D eigenvalue weighted by Crippen LogP contribution is 2.22. The van der Waals surface area contributed by atoms with Gasteiger partial charge in [0.05, 0.1) is 0 Å². The van der Waals surface area contributed by atoms with E-state index in [0.29, 0.717) is 5.56 Å². The van der Waals surface area contributed by atoms with Crippen molar-refractivity contribution in [2.24, 2.45) is 0 Å². The number of thioether (sulfide) groups is 1. The van der Waals surface area contributed by atoms with Gasteiger partial charge in [0, 0.05) is 36.7 Å². The second-order valence-electron chi connectivity index (χ2n) is 5.62. The van der Waals surface area contributed by atoms with Gasteiger partial charge in [-0.15, -0.1) is 0 Å². The molecule has 1 fully saturated rings. The number of aryl methyl sites for hydroxylation is 1. The fourth-order valence-electron chi connectivity index (χ4n) is 2.71. The molecule has 1 saturated heterocycles. The Bertz CT molecular complexity index is 438. The summed E-state index contributed by atoms with van der Waals surface area (Å²) in [5, 5.41) is 4.05. The fraction of sp³-hybridized carbons (Fsp3) is 0.625. The molecule has 1 aromatic rings. The van der Waals surface area contributed by atoms with Crippen molar-refractivity contribution in [3.63, 3.8) is 0 Å². The van der Waals surface area contributed by atoms with Gasteiger partial charge in [0.15, 0.2) is 0 Å². The van der Waals surface area contributed by atoms with Crippen LogP contribution in [-0.4, -0.2) is 42.6 Å². The third-order valence-electron chi connectivity index (χ3n) is 4.01. The van der Waals surface area contributed by atoms with Crippen LogP contribution in [0.4, 0.5) is 4.39 Å². The highest BCUT2D eigenvalue weighted by molar-refractivity contribution is 7.99. The first-order chi connectivity index (χ1) is 9.60. The van der Waals surface area contributed by atoms with Gasteiger partial charge in [-0.05, 0) is 37.6 Å². The molecule has 1 N–H and O–H groups in total. The molecule has 1 aliphatic rings. The van der Waals surface area contributed by atoms with Crippen molar-refractivity contribution in [2.75, 3.05) is 32.4 Å². The molecule has 4 heteroatoms. The molecule has 0 aliphatic carbocycles. The van der Waals surface area contributed by atoms with Crippen LogP contribution in [0, 0.1) is 12.7 Å². The summed E-state index contributed by atoms with van der Waals surface area (Å²) in [5.74, 6) is 1.12. The maximum absolute atomic E-state index is 13.7. The summed E-state index contributed by atoms with van der Waals surface area (Å²) in [5.41, 5.74) is 1.76. The van der Waals surface area contributed by atoms with Crippen LogP contribution in [0.5, 0.6) is 0 Å². The quantitative estimate of drug-likeness (QED) is 0.898. The first kappa shape index (κ1) is 15.8. The lowest BCUT2D eigenvalue weighted by Gasteiger charge is -2.31. The van der Waals surface area contributed by atoms with Crippen molar-refractivity contribution < 1.29 is 4.39 Å². The van der Waals surface area contributed by atoms with E-state index < -0.39 is 0 Å². The van der Waals surface area contributed by atoms with Crippen LogP contribution in [0.15, 0.2) is 18.2 Å². The molecule has 2 unspecified atom stereocenters. The van der Waals surface area contributed by atoms with Gasteiger partial charge in [-0.2, -0.15) is 11.8 Å². The predicted octanol–water partition coefficient (Wildman–Crippen LogP) is 3.22. The molecule has 0 radical (unpaired) electrons. The van der Waals surface area contributed by atoms with E-state index in [1.807, 2.05) is 19.2 Å². The predicted molar refractivity (Wildman–Crippen MR) is 85.9 cm³/mol. The highest BCUT2D eigenvalue weighted by Gasteiger charge is 2.18. The van der Waals surface area contributed by atoms with E-state index in [1.165, 1.54) is 18.8 Å². The topological polar surface area (TPSA) is 15.3 Å². The second-order valence-corrected chi connectivity index (χ2v) is 7.17. The Morgan fingerprint density at radius 1 is 1.50 bits per heavy atom. The zero-order valence-corrected chi connectivity index (χ0v) is 13.5. The molecule has 0 aromatic heterocycles. The summed E-state index contributed by atoms with van der Waals surface area (Å²) < 4.78 is 13.7. The van der Waals surface area contributed by atoms with Crippen molar-refractivity contribution in [2.45, 2.75) is 31.6 Å². The monoisotopic (exact) mass is 296 g/mol. The van der Waals surface area contributed by atoms with E-state index >= 15 is 0 Å². The highest BCUT2D eigenvalue weighted by atomic mass is 32.2. The minimum Gasteiger partial charge on any atom is -0.313 e. The first-order valence-electron chi connectivity index (χ1n) is 7.37. The van der Waals surface area contributed by atoms with E-state index in [2.05, 4.69) is 28.9 Å². The molecule has 2 rings (SSSR count). The largest absolute Gasteiger partial charge is 0.313 e. The Morgan fingerprint density at radius 3 is 2.95 bits per heavy atom. The maximum atomic E-state index is 13.7. The van der Waals surface area contributed by atoms with Crippen molar-refractivity contribution in [1.29, 1.82) is 0 Å². The molecule has 0 saturated carbocycles. The SMILES string of the molecule is CNC(CCN1CCSC(C)C1)c1ccc(C)c(F)c1. The minimum absolute atomic E-state index is 0.106. The second kappa shape index (κ2) is 7.43. The summed E-state index contributed by atoms with van der Waals surface area (Å²) >= 11 is 2.05. The van der Waals surface area contributed by atoms with Crippen LogP contribution < -0.4 is 5.32 Å². The van der Waals surface area contributed by atoms with Crippen LogP contribution >= 0.6 is 11.8 Å². The zero-order chi connectivity index (χ0) is 14.5. The normalized spacial score (nSPS) is 21.9. The van der Waals surface area contributed by atoms with Crippen LogP contribution in [0.2, 0.25) is 0 Å². The van der Waals surface area contributed by atoms with Gasteiger partial charge < -0.3 is 10.2 Å². The number of rotatable bonds is 5. The summed E-state index contributed by atoms with van der Waals surface area (Å²) in [6.07, 6.45) is 1.02.